The summed E-state index contributed by atoms with van der Waals surface area (Å²) in [6.07, 6.45) is 2.12. The van der Waals surface area contributed by atoms with Gasteiger partial charge in [-0.05, 0) is 35.4 Å². The maximum atomic E-state index is 3.54. The highest BCUT2D eigenvalue weighted by Gasteiger charge is 2.10. The van der Waals surface area contributed by atoms with Gasteiger partial charge in [0.1, 0.15) is 0 Å². The molecular weight excluding hydrogens is 324 g/mol. The first-order valence-corrected chi connectivity index (χ1v) is 8.49. The van der Waals surface area contributed by atoms with Crippen molar-refractivity contribution in [3.05, 3.63) is 52.3 Å². The van der Waals surface area contributed by atoms with Gasteiger partial charge >= 0.3 is 0 Å². The van der Waals surface area contributed by atoms with E-state index < -0.39 is 0 Å². The molecule has 0 N–H and O–H groups in total. The third kappa shape index (κ3) is 2.11. The molecule has 2 aromatic carbocycles. The van der Waals surface area contributed by atoms with Gasteiger partial charge in [0, 0.05) is 25.0 Å². The van der Waals surface area contributed by atoms with Gasteiger partial charge in [-0.1, -0.05) is 40.2 Å². The molecule has 0 radical (unpaired) electrons. The van der Waals surface area contributed by atoms with Crippen LogP contribution in [0.3, 0.4) is 0 Å². The van der Waals surface area contributed by atoms with Crippen LogP contribution in [0.15, 0.2) is 57.2 Å². The highest BCUT2D eigenvalue weighted by atomic mass is 79.9. The van der Waals surface area contributed by atoms with E-state index in [9.17, 15) is 0 Å². The van der Waals surface area contributed by atoms with Crippen molar-refractivity contribution < 1.29 is 0 Å². The quantitative estimate of drug-likeness (QED) is 0.514. The maximum Gasteiger partial charge on any atom is 0.0349 e. The Labute approximate surface area is 123 Å². The minimum Gasteiger partial charge on any atom is -0.143 e. The van der Waals surface area contributed by atoms with Gasteiger partial charge in [0.2, 0.25) is 0 Å². The van der Waals surface area contributed by atoms with E-state index in [-0.39, 0.29) is 0 Å². The second kappa shape index (κ2) is 5.08. The molecule has 0 unspecified atom stereocenters. The average molecular weight is 335 g/mol. The molecule has 0 saturated heterocycles. The van der Waals surface area contributed by atoms with Crippen molar-refractivity contribution in [2.75, 3.05) is 6.26 Å². The monoisotopic (exact) mass is 334 g/mol. The molecule has 0 bridgehead atoms. The highest BCUT2D eigenvalue weighted by molar-refractivity contribution is 9.10. The smallest absolute Gasteiger partial charge is 0.0349 e. The standard InChI is InChI=1S/C15H11BrS2/c1-17-15-8-10(16)6-7-12(15)13-9-18-14-5-3-2-4-11(13)14/h2-9H,1H3. The second-order valence-corrected chi connectivity index (χ2v) is 6.67. The predicted molar refractivity (Wildman–Crippen MR) is 86.7 cm³/mol. The Kier molecular flexibility index (Phi) is 3.46. The summed E-state index contributed by atoms with van der Waals surface area (Å²) in [4.78, 5) is 1.31. The Morgan fingerprint density at radius 1 is 1.06 bits per heavy atom. The van der Waals surface area contributed by atoms with Gasteiger partial charge in [-0.15, -0.1) is 23.1 Å². The van der Waals surface area contributed by atoms with Crippen molar-refractivity contribution in [1.82, 2.24) is 0 Å². The Morgan fingerprint density at radius 2 is 1.89 bits per heavy atom. The van der Waals surface area contributed by atoms with Crippen molar-refractivity contribution in [2.24, 2.45) is 0 Å². The molecule has 0 atom stereocenters. The van der Waals surface area contributed by atoms with Gasteiger partial charge in [-0.3, -0.25) is 0 Å². The zero-order valence-corrected chi connectivity index (χ0v) is 13.0. The van der Waals surface area contributed by atoms with Crippen LogP contribution in [0.5, 0.6) is 0 Å². The van der Waals surface area contributed by atoms with E-state index in [4.69, 9.17) is 0 Å². The third-order valence-corrected chi connectivity index (χ3v) is 5.17. The van der Waals surface area contributed by atoms with E-state index in [1.54, 1.807) is 11.8 Å². The van der Waals surface area contributed by atoms with Crippen LogP contribution in [0.1, 0.15) is 0 Å². The van der Waals surface area contributed by atoms with Crippen LogP contribution >= 0.6 is 39.0 Å². The molecule has 1 aromatic heterocycles. The first-order valence-electron chi connectivity index (χ1n) is 5.60. The Hall–Kier alpha value is -0.770. The molecule has 0 fully saturated rings. The summed E-state index contributed by atoms with van der Waals surface area (Å²) in [5, 5.41) is 3.60. The molecule has 0 amide bonds. The minimum absolute atomic E-state index is 1.13. The summed E-state index contributed by atoms with van der Waals surface area (Å²) in [6.45, 7) is 0. The zero-order chi connectivity index (χ0) is 12.5. The summed E-state index contributed by atoms with van der Waals surface area (Å²) >= 11 is 7.14. The first kappa shape index (κ1) is 12.3. The Bertz CT molecular complexity index is 701. The normalized spacial score (nSPS) is 11.0. The maximum absolute atomic E-state index is 3.54. The molecule has 0 aliphatic carbocycles. The number of rotatable bonds is 2. The molecular formula is C15H11BrS2. The minimum atomic E-state index is 1.13. The van der Waals surface area contributed by atoms with Gasteiger partial charge in [-0.2, -0.15) is 0 Å². The molecule has 0 spiro atoms. The number of benzene rings is 2. The number of hydrogen-bond donors (Lipinski definition) is 0. The van der Waals surface area contributed by atoms with Gasteiger partial charge in [0.25, 0.3) is 0 Å². The SMILES string of the molecule is CSc1cc(Br)ccc1-c1csc2ccccc12. The summed E-state index contributed by atoms with van der Waals surface area (Å²) in [7, 11) is 0. The van der Waals surface area contributed by atoms with E-state index in [2.05, 4.69) is 70.0 Å². The highest BCUT2D eigenvalue weighted by Crippen LogP contribution is 2.39. The number of thioether (sulfide) groups is 1. The van der Waals surface area contributed by atoms with Crippen LogP contribution in [0.25, 0.3) is 21.2 Å². The van der Waals surface area contributed by atoms with Crippen LogP contribution in [0.2, 0.25) is 0 Å². The van der Waals surface area contributed by atoms with E-state index in [0.717, 1.165) is 4.47 Å². The first-order chi connectivity index (χ1) is 8.79. The van der Waals surface area contributed by atoms with Crippen molar-refractivity contribution in [2.45, 2.75) is 4.90 Å². The summed E-state index contributed by atoms with van der Waals surface area (Å²) in [5.41, 5.74) is 2.66. The fourth-order valence-corrected chi connectivity index (χ4v) is 4.19. The molecule has 18 heavy (non-hydrogen) atoms. The molecule has 3 aromatic rings. The Balaban J connectivity index is 2.26. The summed E-state index contributed by atoms with van der Waals surface area (Å²) in [5.74, 6) is 0. The fraction of sp³-hybridized carbons (Fsp3) is 0.0667. The molecule has 0 aliphatic heterocycles. The lowest BCUT2D eigenvalue weighted by atomic mass is 10.1. The molecule has 1 heterocycles. The summed E-state index contributed by atoms with van der Waals surface area (Å²) in [6, 6.07) is 15.1. The molecule has 0 nitrogen and oxygen atoms in total. The van der Waals surface area contributed by atoms with Crippen LogP contribution in [0, 0.1) is 0 Å². The van der Waals surface area contributed by atoms with Crippen molar-refractivity contribution in [1.29, 1.82) is 0 Å². The number of fused-ring (bicyclic) bond motifs is 1. The average Bonchev–Trinajstić information content (AvgIpc) is 2.82. The molecule has 3 heteroatoms. The van der Waals surface area contributed by atoms with Gasteiger partial charge in [0.05, 0.1) is 0 Å². The van der Waals surface area contributed by atoms with Crippen LogP contribution in [-0.2, 0) is 0 Å². The van der Waals surface area contributed by atoms with Gasteiger partial charge in [-0.25, -0.2) is 0 Å². The van der Waals surface area contributed by atoms with E-state index in [1.807, 2.05) is 11.3 Å². The zero-order valence-electron chi connectivity index (χ0n) is 9.81. The fourth-order valence-electron chi connectivity index (χ4n) is 2.07. The van der Waals surface area contributed by atoms with Gasteiger partial charge < -0.3 is 0 Å². The summed E-state index contributed by atoms with van der Waals surface area (Å²) < 4.78 is 2.48. The van der Waals surface area contributed by atoms with Crippen molar-refractivity contribution >= 4 is 49.1 Å². The van der Waals surface area contributed by atoms with Crippen LogP contribution in [-0.4, -0.2) is 6.26 Å². The molecule has 90 valence electrons. The number of halogens is 1. The molecule has 3 rings (SSSR count). The Morgan fingerprint density at radius 3 is 2.72 bits per heavy atom. The predicted octanol–water partition coefficient (Wildman–Crippen LogP) is 6.05. The van der Waals surface area contributed by atoms with Gasteiger partial charge in [0.15, 0.2) is 0 Å². The van der Waals surface area contributed by atoms with E-state index >= 15 is 0 Å². The molecule has 0 saturated carbocycles. The lowest BCUT2D eigenvalue weighted by Crippen LogP contribution is -1.81. The lowest BCUT2D eigenvalue weighted by molar-refractivity contribution is 1.44. The number of hydrogen-bond acceptors (Lipinski definition) is 2. The topological polar surface area (TPSA) is 0 Å². The largest absolute Gasteiger partial charge is 0.143 e. The van der Waals surface area contributed by atoms with E-state index in [1.165, 1.54) is 26.1 Å². The third-order valence-electron chi connectivity index (χ3n) is 2.93. The van der Waals surface area contributed by atoms with E-state index in [0.29, 0.717) is 0 Å². The van der Waals surface area contributed by atoms with Crippen molar-refractivity contribution in [3.8, 4) is 11.1 Å². The van der Waals surface area contributed by atoms with Crippen molar-refractivity contribution in [3.63, 3.8) is 0 Å². The lowest BCUT2D eigenvalue weighted by Gasteiger charge is -2.07. The van der Waals surface area contributed by atoms with Crippen LogP contribution in [0.4, 0.5) is 0 Å². The molecule has 0 aliphatic rings. The number of thiophene rings is 1. The second-order valence-electron chi connectivity index (χ2n) is 3.99. The van der Waals surface area contributed by atoms with Crippen LogP contribution < -0.4 is 0 Å².